The van der Waals surface area contributed by atoms with Crippen LogP contribution >= 0.6 is 0 Å². The summed E-state index contributed by atoms with van der Waals surface area (Å²) in [5, 5.41) is 21.1. The number of carbonyl (C=O) groups excluding carboxylic acids is 1. The topological polar surface area (TPSA) is 82.5 Å². The second-order valence-electron chi connectivity index (χ2n) is 4.18. The molecule has 0 spiro atoms. The van der Waals surface area contributed by atoms with Gasteiger partial charge in [0.1, 0.15) is 0 Å². The maximum absolute atomic E-state index is 13.3. The zero-order valence-corrected chi connectivity index (χ0v) is 10.5. The number of phenols is 2. The van der Waals surface area contributed by atoms with Gasteiger partial charge in [-0.3, -0.25) is 9.78 Å². The standard InChI is InChI=1S/C14H13FN2O3/c15-11-8-16-5-4-10(11)14(20)17-6-3-9-1-2-12(18)13(19)7-9/h1-2,4-5,7-8,18-19H,3,6H2,(H,17,20). The molecule has 0 aliphatic carbocycles. The third-order valence-electron chi connectivity index (χ3n) is 2.76. The molecule has 0 saturated carbocycles. The van der Waals surface area contributed by atoms with E-state index in [0.717, 1.165) is 11.8 Å². The highest BCUT2D eigenvalue weighted by Crippen LogP contribution is 2.24. The third-order valence-corrected chi connectivity index (χ3v) is 2.76. The van der Waals surface area contributed by atoms with Gasteiger partial charge in [0, 0.05) is 12.7 Å². The van der Waals surface area contributed by atoms with E-state index in [9.17, 15) is 14.3 Å². The summed E-state index contributed by atoms with van der Waals surface area (Å²) >= 11 is 0. The largest absolute Gasteiger partial charge is 0.504 e. The van der Waals surface area contributed by atoms with E-state index in [-0.39, 0.29) is 23.6 Å². The number of nitrogens with one attached hydrogen (secondary N) is 1. The van der Waals surface area contributed by atoms with E-state index in [2.05, 4.69) is 10.3 Å². The lowest BCUT2D eigenvalue weighted by molar-refractivity contribution is 0.0950. The van der Waals surface area contributed by atoms with Gasteiger partial charge in [0.2, 0.25) is 0 Å². The first-order chi connectivity index (χ1) is 9.58. The van der Waals surface area contributed by atoms with Crippen molar-refractivity contribution in [2.24, 2.45) is 0 Å². The molecule has 2 aromatic rings. The maximum Gasteiger partial charge on any atom is 0.254 e. The number of aromatic nitrogens is 1. The predicted molar refractivity (Wildman–Crippen MR) is 70.0 cm³/mol. The summed E-state index contributed by atoms with van der Waals surface area (Å²) in [7, 11) is 0. The summed E-state index contributed by atoms with van der Waals surface area (Å²) in [6.45, 7) is 0.283. The summed E-state index contributed by atoms with van der Waals surface area (Å²) in [4.78, 5) is 15.3. The van der Waals surface area contributed by atoms with Crippen molar-refractivity contribution in [3.63, 3.8) is 0 Å². The second kappa shape index (κ2) is 6.01. The van der Waals surface area contributed by atoms with Crippen molar-refractivity contribution in [3.8, 4) is 11.5 Å². The van der Waals surface area contributed by atoms with Gasteiger partial charge in [-0.1, -0.05) is 6.07 Å². The van der Waals surface area contributed by atoms with Crippen molar-refractivity contribution in [3.05, 3.63) is 53.6 Å². The van der Waals surface area contributed by atoms with Gasteiger partial charge < -0.3 is 15.5 Å². The van der Waals surface area contributed by atoms with Crippen LogP contribution in [0.1, 0.15) is 15.9 Å². The highest BCUT2D eigenvalue weighted by Gasteiger charge is 2.10. The molecule has 20 heavy (non-hydrogen) atoms. The number of carbonyl (C=O) groups is 1. The van der Waals surface area contributed by atoms with Crippen LogP contribution in [0, 0.1) is 5.82 Å². The van der Waals surface area contributed by atoms with Crippen LogP contribution < -0.4 is 5.32 Å². The van der Waals surface area contributed by atoms with E-state index in [1.807, 2.05) is 0 Å². The molecule has 5 nitrogen and oxygen atoms in total. The summed E-state index contributed by atoms with van der Waals surface area (Å²) < 4.78 is 13.3. The minimum absolute atomic E-state index is 0.0615. The molecular formula is C14H13FN2O3. The lowest BCUT2D eigenvalue weighted by Gasteiger charge is -2.06. The van der Waals surface area contributed by atoms with Gasteiger partial charge in [0.15, 0.2) is 17.3 Å². The Labute approximate surface area is 114 Å². The molecule has 1 amide bonds. The van der Waals surface area contributed by atoms with Crippen LogP contribution in [0.5, 0.6) is 11.5 Å². The summed E-state index contributed by atoms with van der Waals surface area (Å²) in [6.07, 6.45) is 2.77. The Morgan fingerprint density at radius 2 is 2.05 bits per heavy atom. The number of phenolic OH excluding ortho intramolecular Hbond substituents is 2. The fraction of sp³-hybridized carbons (Fsp3) is 0.143. The Morgan fingerprint density at radius 1 is 1.25 bits per heavy atom. The zero-order valence-electron chi connectivity index (χ0n) is 10.5. The normalized spacial score (nSPS) is 10.2. The number of hydrogen-bond acceptors (Lipinski definition) is 4. The fourth-order valence-corrected chi connectivity index (χ4v) is 1.70. The average Bonchev–Trinajstić information content (AvgIpc) is 2.43. The van der Waals surface area contributed by atoms with E-state index in [1.54, 1.807) is 6.07 Å². The van der Waals surface area contributed by atoms with Gasteiger partial charge in [-0.05, 0) is 30.2 Å². The molecule has 1 aromatic carbocycles. The molecule has 0 aliphatic heterocycles. The van der Waals surface area contributed by atoms with E-state index < -0.39 is 11.7 Å². The van der Waals surface area contributed by atoms with Gasteiger partial charge in [-0.2, -0.15) is 0 Å². The predicted octanol–water partition coefficient (Wildman–Crippen LogP) is 1.60. The van der Waals surface area contributed by atoms with Crippen molar-refractivity contribution < 1.29 is 19.4 Å². The van der Waals surface area contributed by atoms with Crippen LogP contribution in [0.3, 0.4) is 0 Å². The number of rotatable bonds is 4. The van der Waals surface area contributed by atoms with E-state index >= 15 is 0 Å². The van der Waals surface area contributed by atoms with Crippen LogP contribution in [0.4, 0.5) is 4.39 Å². The van der Waals surface area contributed by atoms with Crippen molar-refractivity contribution in [2.45, 2.75) is 6.42 Å². The minimum Gasteiger partial charge on any atom is -0.504 e. The molecule has 0 fully saturated rings. The number of aromatic hydroxyl groups is 2. The molecule has 0 radical (unpaired) electrons. The van der Waals surface area contributed by atoms with Crippen molar-refractivity contribution in [2.75, 3.05) is 6.54 Å². The number of hydrogen-bond donors (Lipinski definition) is 3. The number of amides is 1. The molecule has 0 bridgehead atoms. The van der Waals surface area contributed by atoms with E-state index in [1.165, 1.54) is 24.4 Å². The van der Waals surface area contributed by atoms with Gasteiger partial charge in [-0.25, -0.2) is 4.39 Å². The molecule has 3 N–H and O–H groups in total. The summed E-state index contributed by atoms with van der Waals surface area (Å²) in [5.74, 6) is -1.61. The Balaban J connectivity index is 1.91. The molecular weight excluding hydrogens is 263 g/mol. The third kappa shape index (κ3) is 3.23. The van der Waals surface area contributed by atoms with Crippen molar-refractivity contribution in [1.29, 1.82) is 0 Å². The molecule has 2 rings (SSSR count). The summed E-state index contributed by atoms with van der Waals surface area (Å²) in [5.41, 5.74) is 0.685. The molecule has 0 atom stereocenters. The van der Waals surface area contributed by atoms with Crippen LogP contribution in [0.25, 0.3) is 0 Å². The van der Waals surface area contributed by atoms with Crippen LogP contribution in [-0.2, 0) is 6.42 Å². The number of benzene rings is 1. The number of halogens is 1. The van der Waals surface area contributed by atoms with Crippen LogP contribution in [0.15, 0.2) is 36.7 Å². The molecule has 104 valence electrons. The van der Waals surface area contributed by atoms with Crippen molar-refractivity contribution >= 4 is 5.91 Å². The molecule has 6 heteroatoms. The molecule has 1 heterocycles. The van der Waals surface area contributed by atoms with Crippen molar-refractivity contribution in [1.82, 2.24) is 10.3 Å². The monoisotopic (exact) mass is 276 g/mol. The molecule has 0 aliphatic rings. The van der Waals surface area contributed by atoms with Crippen LogP contribution in [0.2, 0.25) is 0 Å². The quantitative estimate of drug-likeness (QED) is 0.741. The Kier molecular flexibility index (Phi) is 4.14. The SMILES string of the molecule is O=C(NCCc1ccc(O)c(O)c1)c1ccncc1F. The fourth-order valence-electron chi connectivity index (χ4n) is 1.70. The Morgan fingerprint density at radius 3 is 2.75 bits per heavy atom. The van der Waals surface area contributed by atoms with E-state index in [4.69, 9.17) is 5.11 Å². The van der Waals surface area contributed by atoms with Gasteiger partial charge in [0.25, 0.3) is 5.91 Å². The minimum atomic E-state index is -0.674. The molecule has 1 aromatic heterocycles. The maximum atomic E-state index is 13.3. The van der Waals surface area contributed by atoms with Gasteiger partial charge >= 0.3 is 0 Å². The average molecular weight is 276 g/mol. The first-order valence-electron chi connectivity index (χ1n) is 5.96. The lowest BCUT2D eigenvalue weighted by atomic mass is 10.1. The lowest BCUT2D eigenvalue weighted by Crippen LogP contribution is -2.26. The zero-order chi connectivity index (χ0) is 14.5. The summed E-state index contributed by atoms with van der Waals surface area (Å²) in [6, 6.07) is 5.72. The molecule has 0 unspecified atom stereocenters. The highest BCUT2D eigenvalue weighted by molar-refractivity contribution is 5.94. The van der Waals surface area contributed by atoms with Gasteiger partial charge in [0.05, 0.1) is 11.8 Å². The Hall–Kier alpha value is -2.63. The first-order valence-corrected chi connectivity index (χ1v) is 5.96. The number of nitrogens with zero attached hydrogens (tertiary/aromatic N) is 1. The number of pyridine rings is 1. The van der Waals surface area contributed by atoms with E-state index in [0.29, 0.717) is 6.42 Å². The second-order valence-corrected chi connectivity index (χ2v) is 4.18. The Bertz CT molecular complexity index is 632. The molecule has 0 saturated heterocycles. The van der Waals surface area contributed by atoms with Crippen LogP contribution in [-0.4, -0.2) is 27.6 Å². The van der Waals surface area contributed by atoms with Gasteiger partial charge in [-0.15, -0.1) is 0 Å². The highest BCUT2D eigenvalue weighted by atomic mass is 19.1. The smallest absolute Gasteiger partial charge is 0.254 e. The first kappa shape index (κ1) is 13.8.